The summed E-state index contributed by atoms with van der Waals surface area (Å²) in [7, 11) is 0. The number of benzene rings is 3. The van der Waals surface area contributed by atoms with Gasteiger partial charge in [-0.05, 0) is 39.2 Å². The first kappa shape index (κ1) is 12.8. The Morgan fingerprint density at radius 3 is 2.50 bits per heavy atom. The van der Waals surface area contributed by atoms with Crippen LogP contribution in [0.25, 0.3) is 21.5 Å². The first-order chi connectivity index (χ1) is 10.8. The average Bonchev–Trinajstić information content (AvgIpc) is 3.08. The molecule has 0 aliphatic rings. The number of carbonyl (C=O) groups excluding carboxylic acids is 1. The lowest BCUT2D eigenvalue weighted by Gasteiger charge is -2.08. The molecule has 3 aromatic carbocycles. The molecule has 0 saturated heterocycles. The fraction of sp³-hybridized carbons (Fsp3) is 0.0526. The van der Waals surface area contributed by atoms with Crippen LogP contribution in [0.3, 0.4) is 0 Å². The van der Waals surface area contributed by atoms with Crippen molar-refractivity contribution < 1.29 is 4.79 Å². The highest BCUT2D eigenvalue weighted by Crippen LogP contribution is 2.26. The van der Waals surface area contributed by atoms with Crippen LogP contribution in [0.5, 0.6) is 0 Å². The van der Waals surface area contributed by atoms with E-state index >= 15 is 0 Å². The van der Waals surface area contributed by atoms with Gasteiger partial charge in [0.05, 0.1) is 6.42 Å². The molecule has 0 amide bonds. The molecular weight excluding hydrogens is 272 g/mol. The molecule has 0 spiro atoms. The van der Waals surface area contributed by atoms with Crippen molar-refractivity contribution in [3.05, 3.63) is 78.9 Å². The molecule has 22 heavy (non-hydrogen) atoms. The molecule has 1 aromatic heterocycles. The zero-order chi connectivity index (χ0) is 14.9. The summed E-state index contributed by atoms with van der Waals surface area (Å²) < 4.78 is 1.53. The maximum atomic E-state index is 12.3. The maximum Gasteiger partial charge on any atom is 0.236 e. The molecule has 0 fully saturated rings. The Morgan fingerprint density at radius 1 is 0.955 bits per heavy atom. The van der Waals surface area contributed by atoms with E-state index in [4.69, 9.17) is 0 Å². The minimum atomic E-state index is 0.0261. The fourth-order valence-electron chi connectivity index (χ4n) is 2.85. The van der Waals surface area contributed by atoms with Gasteiger partial charge in [0.2, 0.25) is 5.91 Å². The van der Waals surface area contributed by atoms with Crippen LogP contribution in [0.15, 0.2) is 73.3 Å². The highest BCUT2D eigenvalue weighted by molar-refractivity contribution is 6.00. The van der Waals surface area contributed by atoms with E-state index < -0.39 is 0 Å². The molecule has 1 heterocycles. The van der Waals surface area contributed by atoms with Crippen molar-refractivity contribution in [2.24, 2.45) is 0 Å². The zero-order valence-corrected chi connectivity index (χ0v) is 11.9. The van der Waals surface area contributed by atoms with Gasteiger partial charge in [-0.25, -0.2) is 4.98 Å². The van der Waals surface area contributed by atoms with Crippen molar-refractivity contribution in [2.75, 3.05) is 0 Å². The number of imidazole rings is 1. The molecule has 0 bridgehead atoms. The van der Waals surface area contributed by atoms with Crippen LogP contribution < -0.4 is 0 Å². The molecule has 0 atom stereocenters. The van der Waals surface area contributed by atoms with Gasteiger partial charge in [0.15, 0.2) is 0 Å². The van der Waals surface area contributed by atoms with Gasteiger partial charge in [0.1, 0.15) is 6.33 Å². The largest absolute Gasteiger partial charge is 0.276 e. The van der Waals surface area contributed by atoms with Gasteiger partial charge >= 0.3 is 0 Å². The third-order valence-corrected chi connectivity index (χ3v) is 3.97. The summed E-state index contributed by atoms with van der Waals surface area (Å²) in [6.45, 7) is 0. The smallest absolute Gasteiger partial charge is 0.236 e. The van der Waals surface area contributed by atoms with E-state index in [9.17, 15) is 4.79 Å². The average molecular weight is 286 g/mol. The van der Waals surface area contributed by atoms with Crippen molar-refractivity contribution in [2.45, 2.75) is 6.42 Å². The van der Waals surface area contributed by atoms with E-state index in [2.05, 4.69) is 35.3 Å². The van der Waals surface area contributed by atoms with Gasteiger partial charge < -0.3 is 0 Å². The second-order valence-corrected chi connectivity index (χ2v) is 5.38. The third kappa shape index (κ3) is 2.17. The van der Waals surface area contributed by atoms with Crippen molar-refractivity contribution >= 4 is 27.5 Å². The summed E-state index contributed by atoms with van der Waals surface area (Å²) in [6, 6.07) is 18.7. The molecule has 0 aliphatic heterocycles. The molecule has 4 aromatic rings. The number of nitrogens with zero attached hydrogens (tertiary/aromatic N) is 2. The molecule has 0 unspecified atom stereocenters. The fourth-order valence-corrected chi connectivity index (χ4v) is 2.85. The Balaban J connectivity index is 1.83. The molecule has 0 N–H and O–H groups in total. The molecule has 0 radical (unpaired) electrons. The van der Waals surface area contributed by atoms with Gasteiger partial charge in [-0.1, -0.05) is 42.5 Å². The third-order valence-electron chi connectivity index (χ3n) is 3.97. The summed E-state index contributed by atoms with van der Waals surface area (Å²) in [5.74, 6) is 0.0261. The predicted molar refractivity (Wildman–Crippen MR) is 88.0 cm³/mol. The van der Waals surface area contributed by atoms with Crippen molar-refractivity contribution in [3.8, 4) is 0 Å². The Bertz CT molecular complexity index is 971. The van der Waals surface area contributed by atoms with E-state index in [1.807, 2.05) is 24.3 Å². The van der Waals surface area contributed by atoms with Crippen molar-refractivity contribution in [1.82, 2.24) is 9.55 Å². The lowest BCUT2D eigenvalue weighted by atomic mass is 9.98. The topological polar surface area (TPSA) is 34.9 Å². The normalized spacial score (nSPS) is 11.1. The van der Waals surface area contributed by atoms with Crippen LogP contribution in [-0.2, 0) is 6.42 Å². The monoisotopic (exact) mass is 286 g/mol. The maximum absolute atomic E-state index is 12.3. The summed E-state index contributed by atoms with van der Waals surface area (Å²) in [5, 5.41) is 4.70. The predicted octanol–water partition coefficient (Wildman–Crippen LogP) is 4.07. The number of carbonyl (C=O) groups is 1. The quantitative estimate of drug-likeness (QED) is 0.521. The van der Waals surface area contributed by atoms with E-state index in [0.717, 1.165) is 16.3 Å². The lowest BCUT2D eigenvalue weighted by molar-refractivity contribution is 0.0914. The highest BCUT2D eigenvalue weighted by Gasteiger charge is 2.09. The van der Waals surface area contributed by atoms with Crippen LogP contribution in [0, 0.1) is 0 Å². The lowest BCUT2D eigenvalue weighted by Crippen LogP contribution is -2.11. The summed E-state index contributed by atoms with van der Waals surface area (Å²) >= 11 is 0. The van der Waals surface area contributed by atoms with Gasteiger partial charge in [-0.3, -0.25) is 9.36 Å². The standard InChI is InChI=1S/C19H14N2O/c22-19(21-9-8-20-13-21)12-17-7-3-6-16-10-14-4-1-2-5-15(14)11-18(16)17/h1-11,13H,12H2. The van der Waals surface area contributed by atoms with Crippen LogP contribution >= 0.6 is 0 Å². The van der Waals surface area contributed by atoms with Gasteiger partial charge in [0.25, 0.3) is 0 Å². The Labute approximate surface area is 127 Å². The highest BCUT2D eigenvalue weighted by atomic mass is 16.2. The van der Waals surface area contributed by atoms with E-state index in [-0.39, 0.29) is 5.91 Å². The zero-order valence-electron chi connectivity index (χ0n) is 11.9. The molecule has 4 rings (SSSR count). The van der Waals surface area contributed by atoms with Gasteiger partial charge in [0, 0.05) is 12.4 Å². The molecule has 0 saturated carbocycles. The molecule has 3 nitrogen and oxygen atoms in total. The SMILES string of the molecule is O=C(Cc1cccc2cc3ccccc3cc12)n1ccnc1. The molecule has 3 heteroatoms. The van der Waals surface area contributed by atoms with E-state index in [0.29, 0.717) is 6.42 Å². The second kappa shape index (κ2) is 5.11. The minimum absolute atomic E-state index is 0.0261. The van der Waals surface area contributed by atoms with Crippen molar-refractivity contribution in [1.29, 1.82) is 0 Å². The summed E-state index contributed by atoms with van der Waals surface area (Å²) in [6.07, 6.45) is 5.21. The molecule has 106 valence electrons. The van der Waals surface area contributed by atoms with Gasteiger partial charge in [-0.15, -0.1) is 0 Å². The molecular formula is C19H14N2O. The number of hydrogen-bond acceptors (Lipinski definition) is 2. The Kier molecular flexibility index (Phi) is 2.97. The minimum Gasteiger partial charge on any atom is -0.276 e. The number of rotatable bonds is 2. The number of hydrogen-bond donors (Lipinski definition) is 0. The van der Waals surface area contributed by atoms with Crippen LogP contribution in [0.1, 0.15) is 10.4 Å². The van der Waals surface area contributed by atoms with Crippen LogP contribution in [0.4, 0.5) is 0 Å². The Hall–Kier alpha value is -2.94. The van der Waals surface area contributed by atoms with Crippen LogP contribution in [-0.4, -0.2) is 15.5 Å². The summed E-state index contributed by atoms with van der Waals surface area (Å²) in [5.41, 5.74) is 1.04. The number of fused-ring (bicyclic) bond motifs is 2. The van der Waals surface area contributed by atoms with Crippen molar-refractivity contribution in [3.63, 3.8) is 0 Å². The first-order valence-corrected chi connectivity index (χ1v) is 7.23. The molecule has 0 aliphatic carbocycles. The van der Waals surface area contributed by atoms with Crippen LogP contribution in [0.2, 0.25) is 0 Å². The second-order valence-electron chi connectivity index (χ2n) is 5.38. The first-order valence-electron chi connectivity index (χ1n) is 7.23. The van der Waals surface area contributed by atoms with E-state index in [1.54, 1.807) is 18.7 Å². The van der Waals surface area contributed by atoms with Gasteiger partial charge in [-0.2, -0.15) is 0 Å². The summed E-state index contributed by atoms with van der Waals surface area (Å²) in [4.78, 5) is 16.2. The Morgan fingerprint density at radius 2 is 1.73 bits per heavy atom. The number of aromatic nitrogens is 2. The van der Waals surface area contributed by atoms with E-state index in [1.165, 1.54) is 15.3 Å².